The fourth-order valence-corrected chi connectivity index (χ4v) is 11.1. The highest BCUT2D eigenvalue weighted by Crippen LogP contribution is 2.68. The van der Waals surface area contributed by atoms with Crippen LogP contribution in [-0.2, 0) is 9.59 Å². The first-order valence-electron chi connectivity index (χ1n) is 14.3. The van der Waals surface area contributed by atoms with E-state index < -0.39 is 0 Å². The lowest BCUT2D eigenvalue weighted by molar-refractivity contribution is -0.169. The number of rotatable bonds is 6. The normalized spacial score (nSPS) is 41.7. The lowest BCUT2D eigenvalue weighted by atomic mass is 9.44. The Morgan fingerprint density at radius 1 is 1.19 bits per heavy atom. The van der Waals surface area contributed by atoms with Crippen molar-refractivity contribution >= 4 is 39.0 Å². The molecule has 4 saturated carbocycles. The van der Waals surface area contributed by atoms with E-state index in [0.717, 1.165) is 35.9 Å². The van der Waals surface area contributed by atoms with Crippen LogP contribution < -0.4 is 5.32 Å². The molecule has 4 fully saturated rings. The summed E-state index contributed by atoms with van der Waals surface area (Å²) in [5.74, 6) is 3.19. The van der Waals surface area contributed by atoms with Gasteiger partial charge in [-0.2, -0.15) is 0 Å². The van der Waals surface area contributed by atoms with E-state index in [0.29, 0.717) is 54.1 Å². The van der Waals surface area contributed by atoms with E-state index in [4.69, 9.17) is 0 Å². The standard InChI is InChI=1S/C30H44BrNO3S/c1-5-23(25-8-9-26(31)36-25)32-27(35)14-17(2)20-6-7-21-28-22(11-13-30(20,21)4)29(3)12-10-19(33)15-18(29)16-24(28)34/h8-9,17-18,20-24,28,34H,5-7,10-16H2,1-4H3,(H,32,35)/t17-,18+,20?,21+,22+,23+,24-,28+,29+,30-/m1/s1. The summed E-state index contributed by atoms with van der Waals surface area (Å²) >= 11 is 5.24. The van der Waals surface area contributed by atoms with Crippen molar-refractivity contribution in [1.82, 2.24) is 5.32 Å². The number of carbonyl (C=O) groups is 2. The van der Waals surface area contributed by atoms with Crippen LogP contribution in [0.25, 0.3) is 0 Å². The van der Waals surface area contributed by atoms with Crippen LogP contribution >= 0.6 is 27.3 Å². The zero-order chi connectivity index (χ0) is 25.8. The third-order valence-corrected chi connectivity index (χ3v) is 13.2. The number of ketones is 1. The van der Waals surface area contributed by atoms with Crippen LogP contribution in [-0.4, -0.2) is 22.9 Å². The predicted molar refractivity (Wildman–Crippen MR) is 149 cm³/mol. The number of nitrogens with one attached hydrogen (secondary N) is 1. The fourth-order valence-electron chi connectivity index (χ4n) is 9.57. The summed E-state index contributed by atoms with van der Waals surface area (Å²) in [6, 6.07) is 4.24. The molecular weight excluding hydrogens is 534 g/mol. The van der Waals surface area contributed by atoms with Crippen LogP contribution in [0.4, 0.5) is 0 Å². The topological polar surface area (TPSA) is 66.4 Å². The number of fused-ring (bicyclic) bond motifs is 5. The number of halogens is 1. The van der Waals surface area contributed by atoms with Gasteiger partial charge in [-0.25, -0.2) is 0 Å². The van der Waals surface area contributed by atoms with Crippen molar-refractivity contribution < 1.29 is 14.7 Å². The molecule has 200 valence electrons. The lowest BCUT2D eigenvalue weighted by Crippen LogP contribution is -2.58. The lowest BCUT2D eigenvalue weighted by Gasteiger charge is -2.61. The van der Waals surface area contributed by atoms with Gasteiger partial charge in [0, 0.05) is 24.1 Å². The largest absolute Gasteiger partial charge is 0.393 e. The molecule has 0 bridgehead atoms. The molecule has 4 aliphatic carbocycles. The van der Waals surface area contributed by atoms with Crippen molar-refractivity contribution in [2.45, 2.75) is 104 Å². The highest BCUT2D eigenvalue weighted by atomic mass is 79.9. The van der Waals surface area contributed by atoms with Gasteiger partial charge in [-0.3, -0.25) is 9.59 Å². The Balaban J connectivity index is 1.27. The van der Waals surface area contributed by atoms with Gasteiger partial charge in [-0.1, -0.05) is 27.7 Å². The van der Waals surface area contributed by atoms with Crippen molar-refractivity contribution in [3.05, 3.63) is 20.8 Å². The van der Waals surface area contributed by atoms with Gasteiger partial charge in [0.1, 0.15) is 5.78 Å². The van der Waals surface area contributed by atoms with Crippen molar-refractivity contribution in [2.75, 3.05) is 0 Å². The molecule has 6 heteroatoms. The Morgan fingerprint density at radius 2 is 1.94 bits per heavy atom. The number of thiophene rings is 1. The van der Waals surface area contributed by atoms with E-state index in [1.165, 1.54) is 24.1 Å². The Labute approximate surface area is 229 Å². The highest BCUT2D eigenvalue weighted by molar-refractivity contribution is 9.11. The fraction of sp³-hybridized carbons (Fsp3) is 0.800. The molecule has 1 unspecified atom stereocenters. The third kappa shape index (κ3) is 4.55. The summed E-state index contributed by atoms with van der Waals surface area (Å²) in [5.41, 5.74) is 0.396. The van der Waals surface area contributed by atoms with Crippen LogP contribution in [0.3, 0.4) is 0 Å². The van der Waals surface area contributed by atoms with E-state index in [9.17, 15) is 14.7 Å². The SMILES string of the molecule is CC[C@H](NC(=O)C[C@@H](C)C1CC[C@H]2[C@@H]3[C@H](O)C[C@@H]4CC(=O)CC[C@]4(C)[C@H]3CC[C@]12C)c1ccc(Br)s1. The average Bonchev–Trinajstić information content (AvgIpc) is 3.41. The number of carbonyl (C=O) groups excluding carboxylic acids is 2. The van der Waals surface area contributed by atoms with E-state index in [1.54, 1.807) is 11.3 Å². The Hall–Kier alpha value is -0.720. The molecule has 0 aliphatic heterocycles. The summed E-state index contributed by atoms with van der Waals surface area (Å²) in [6.07, 6.45) is 9.09. The minimum Gasteiger partial charge on any atom is -0.393 e. The van der Waals surface area contributed by atoms with Crippen LogP contribution in [0.2, 0.25) is 0 Å². The zero-order valence-corrected chi connectivity index (χ0v) is 24.8. The second-order valence-electron chi connectivity index (χ2n) is 13.1. The molecule has 1 heterocycles. The molecule has 0 spiro atoms. The monoisotopic (exact) mass is 577 g/mol. The minimum absolute atomic E-state index is 0.0804. The van der Waals surface area contributed by atoms with Crippen molar-refractivity contribution in [3.8, 4) is 0 Å². The van der Waals surface area contributed by atoms with Crippen LogP contribution in [0.5, 0.6) is 0 Å². The van der Waals surface area contributed by atoms with E-state index in [-0.39, 0.29) is 28.9 Å². The molecule has 0 aromatic carbocycles. The molecule has 5 rings (SSSR count). The summed E-state index contributed by atoms with van der Waals surface area (Å²) < 4.78 is 1.10. The molecule has 1 aromatic heterocycles. The predicted octanol–water partition coefficient (Wildman–Crippen LogP) is 7.30. The quantitative estimate of drug-likeness (QED) is 0.372. The molecule has 2 N–H and O–H groups in total. The summed E-state index contributed by atoms with van der Waals surface area (Å²) in [6.45, 7) is 9.33. The maximum absolute atomic E-state index is 13.1. The van der Waals surface area contributed by atoms with Gasteiger partial charge in [0.2, 0.25) is 5.91 Å². The zero-order valence-electron chi connectivity index (χ0n) is 22.4. The Bertz CT molecular complexity index is 995. The first kappa shape index (κ1) is 26.9. The van der Waals surface area contributed by atoms with Gasteiger partial charge in [-0.05, 0) is 119 Å². The van der Waals surface area contributed by atoms with Crippen LogP contribution in [0.15, 0.2) is 15.9 Å². The molecule has 4 nitrogen and oxygen atoms in total. The number of hydrogen-bond donors (Lipinski definition) is 2. The van der Waals surface area contributed by atoms with Gasteiger partial charge in [-0.15, -0.1) is 11.3 Å². The van der Waals surface area contributed by atoms with Gasteiger partial charge in [0.25, 0.3) is 0 Å². The molecule has 0 saturated heterocycles. The molecule has 1 aromatic rings. The number of aliphatic hydroxyl groups excluding tert-OH is 1. The second-order valence-corrected chi connectivity index (χ2v) is 15.6. The maximum Gasteiger partial charge on any atom is 0.220 e. The number of Topliss-reactive ketones (excluding diaryl/α,β-unsaturated/α-hetero) is 1. The number of aliphatic hydroxyl groups is 1. The van der Waals surface area contributed by atoms with E-state index in [2.05, 4.69) is 61.1 Å². The smallest absolute Gasteiger partial charge is 0.220 e. The van der Waals surface area contributed by atoms with Gasteiger partial charge in [0.15, 0.2) is 0 Å². The molecule has 0 radical (unpaired) electrons. The molecule has 1 amide bonds. The van der Waals surface area contributed by atoms with Crippen LogP contribution in [0.1, 0.15) is 103 Å². The van der Waals surface area contributed by atoms with E-state index in [1.807, 2.05) is 0 Å². The van der Waals surface area contributed by atoms with Crippen molar-refractivity contribution in [2.24, 2.45) is 46.3 Å². The van der Waals surface area contributed by atoms with Crippen molar-refractivity contribution in [1.29, 1.82) is 0 Å². The molecular formula is C30H44BrNO3S. The summed E-state index contributed by atoms with van der Waals surface area (Å²) in [5, 5.41) is 14.7. The number of hydrogen-bond acceptors (Lipinski definition) is 4. The highest BCUT2D eigenvalue weighted by Gasteiger charge is 2.62. The summed E-state index contributed by atoms with van der Waals surface area (Å²) in [4.78, 5) is 26.6. The van der Waals surface area contributed by atoms with Crippen LogP contribution in [0, 0.1) is 46.3 Å². The Kier molecular flexibility index (Phi) is 7.55. The third-order valence-electron chi connectivity index (χ3n) is 11.4. The number of amides is 1. The van der Waals surface area contributed by atoms with Gasteiger partial charge < -0.3 is 10.4 Å². The van der Waals surface area contributed by atoms with Crippen molar-refractivity contribution in [3.63, 3.8) is 0 Å². The maximum atomic E-state index is 13.1. The molecule has 10 atom stereocenters. The van der Waals surface area contributed by atoms with E-state index >= 15 is 0 Å². The summed E-state index contributed by atoms with van der Waals surface area (Å²) in [7, 11) is 0. The first-order valence-corrected chi connectivity index (χ1v) is 15.9. The Morgan fingerprint density at radius 3 is 2.64 bits per heavy atom. The second kappa shape index (κ2) is 10.1. The average molecular weight is 579 g/mol. The van der Waals surface area contributed by atoms with Gasteiger partial charge in [0.05, 0.1) is 15.9 Å². The minimum atomic E-state index is -0.281. The molecule has 36 heavy (non-hydrogen) atoms. The van der Waals surface area contributed by atoms with Gasteiger partial charge >= 0.3 is 0 Å². The molecule has 4 aliphatic rings. The first-order chi connectivity index (χ1) is 17.1.